The highest BCUT2D eigenvalue weighted by molar-refractivity contribution is 8.13. The third kappa shape index (κ3) is 4.12. The molecule has 0 unspecified atom stereocenters. The summed E-state index contributed by atoms with van der Waals surface area (Å²) in [6, 6.07) is 3.90. The topological polar surface area (TPSA) is 50.7 Å². The minimum absolute atomic E-state index is 0.385. The van der Waals surface area contributed by atoms with Gasteiger partial charge >= 0.3 is 0 Å². The Kier molecular flexibility index (Phi) is 4.83. The van der Waals surface area contributed by atoms with E-state index in [0.29, 0.717) is 10.9 Å². The molecular formula is C9H9N3S2. The Morgan fingerprint density at radius 3 is 3.29 bits per heavy atom. The van der Waals surface area contributed by atoms with Gasteiger partial charge in [-0.1, -0.05) is 23.7 Å². The Balaban J connectivity index is 2.42. The minimum atomic E-state index is 0.385. The Labute approximate surface area is 91.1 Å². The predicted octanol–water partition coefficient (Wildman–Crippen LogP) is 1.76. The first kappa shape index (κ1) is 10.8. The largest absolute Gasteiger partial charge is 0.377 e. The Hall–Kier alpha value is -1.25. The fraction of sp³-hybridized carbons (Fsp3) is 0.111. The van der Waals surface area contributed by atoms with Gasteiger partial charge < -0.3 is 5.73 Å². The van der Waals surface area contributed by atoms with Gasteiger partial charge in [0.2, 0.25) is 0 Å². The van der Waals surface area contributed by atoms with Crippen LogP contribution in [0.2, 0.25) is 0 Å². The van der Waals surface area contributed by atoms with Gasteiger partial charge in [0.15, 0.2) is 5.17 Å². The number of hydrogen-bond acceptors (Lipinski definition) is 4. The molecule has 1 aromatic rings. The molecule has 5 heteroatoms. The van der Waals surface area contributed by atoms with Crippen LogP contribution in [0, 0.1) is 12.3 Å². The van der Waals surface area contributed by atoms with Crippen molar-refractivity contribution in [2.45, 2.75) is 0 Å². The minimum Gasteiger partial charge on any atom is -0.377 e. The van der Waals surface area contributed by atoms with Gasteiger partial charge in [0.25, 0.3) is 0 Å². The summed E-state index contributed by atoms with van der Waals surface area (Å²) in [6.07, 6.45) is 6.73. The van der Waals surface area contributed by atoms with E-state index >= 15 is 0 Å². The number of nitrogens with two attached hydrogens (primary N) is 1. The van der Waals surface area contributed by atoms with E-state index in [9.17, 15) is 0 Å². The fourth-order valence-corrected chi connectivity index (χ4v) is 1.57. The summed E-state index contributed by atoms with van der Waals surface area (Å²) in [5.74, 6) is 2.97. The van der Waals surface area contributed by atoms with Gasteiger partial charge in [0.1, 0.15) is 0 Å². The van der Waals surface area contributed by atoms with E-state index in [1.54, 1.807) is 17.6 Å². The van der Waals surface area contributed by atoms with Crippen molar-refractivity contribution in [3.05, 3.63) is 22.4 Å². The van der Waals surface area contributed by atoms with Crippen LogP contribution in [0.25, 0.3) is 0 Å². The first-order valence-corrected chi connectivity index (χ1v) is 5.65. The average Bonchev–Trinajstić information content (AvgIpc) is 2.67. The molecule has 1 rings (SSSR count). The molecule has 14 heavy (non-hydrogen) atoms. The molecule has 0 aliphatic heterocycles. The summed E-state index contributed by atoms with van der Waals surface area (Å²) < 4.78 is 0. The molecule has 1 heterocycles. The molecule has 0 atom stereocenters. The predicted molar refractivity (Wildman–Crippen MR) is 64.8 cm³/mol. The molecule has 0 aromatic carbocycles. The smallest absolute Gasteiger partial charge is 0.181 e. The third-order valence-corrected chi connectivity index (χ3v) is 2.68. The van der Waals surface area contributed by atoms with Gasteiger partial charge in [0, 0.05) is 4.88 Å². The molecule has 0 amide bonds. The zero-order valence-corrected chi connectivity index (χ0v) is 9.02. The first-order valence-electron chi connectivity index (χ1n) is 3.79. The molecule has 0 fully saturated rings. The third-order valence-electron chi connectivity index (χ3n) is 1.19. The van der Waals surface area contributed by atoms with Crippen LogP contribution >= 0.6 is 23.1 Å². The summed E-state index contributed by atoms with van der Waals surface area (Å²) in [7, 11) is 0. The van der Waals surface area contributed by atoms with E-state index in [4.69, 9.17) is 12.2 Å². The van der Waals surface area contributed by atoms with Crippen molar-refractivity contribution in [3.8, 4) is 12.3 Å². The van der Waals surface area contributed by atoms with Crippen molar-refractivity contribution < 1.29 is 0 Å². The molecule has 0 saturated heterocycles. The highest BCUT2D eigenvalue weighted by Crippen LogP contribution is 2.05. The van der Waals surface area contributed by atoms with Crippen molar-refractivity contribution in [3.63, 3.8) is 0 Å². The second kappa shape index (κ2) is 6.24. The molecule has 0 aliphatic carbocycles. The van der Waals surface area contributed by atoms with Gasteiger partial charge in [-0.25, -0.2) is 0 Å². The molecule has 72 valence electrons. The molecule has 3 nitrogen and oxygen atoms in total. The molecule has 0 spiro atoms. The quantitative estimate of drug-likeness (QED) is 0.367. The van der Waals surface area contributed by atoms with Gasteiger partial charge in [-0.15, -0.1) is 22.9 Å². The standard InChI is InChI=1S/C9H9N3S2/c1-2-5-14-9(10)12-11-7-8-4-3-6-13-8/h1,3-4,6-7H,5H2,(H2,10,12). The lowest BCUT2D eigenvalue weighted by Crippen LogP contribution is -2.05. The maximum Gasteiger partial charge on any atom is 0.181 e. The molecular weight excluding hydrogens is 214 g/mol. The number of amidine groups is 1. The fourth-order valence-electron chi connectivity index (χ4n) is 0.652. The van der Waals surface area contributed by atoms with Crippen LogP contribution in [0.5, 0.6) is 0 Å². The van der Waals surface area contributed by atoms with Crippen LogP contribution in [0.4, 0.5) is 0 Å². The lowest BCUT2D eigenvalue weighted by atomic mass is 10.5. The maximum absolute atomic E-state index is 5.51. The maximum atomic E-state index is 5.51. The average molecular weight is 223 g/mol. The highest BCUT2D eigenvalue weighted by atomic mass is 32.2. The summed E-state index contributed by atoms with van der Waals surface area (Å²) in [5.41, 5.74) is 5.51. The molecule has 1 aromatic heterocycles. The molecule has 2 N–H and O–H groups in total. The van der Waals surface area contributed by atoms with Crippen LogP contribution in [0.3, 0.4) is 0 Å². The lowest BCUT2D eigenvalue weighted by molar-refractivity contribution is 1.25. The van der Waals surface area contributed by atoms with Gasteiger partial charge in [-0.2, -0.15) is 5.10 Å². The zero-order valence-electron chi connectivity index (χ0n) is 7.38. The second-order valence-corrected chi connectivity index (χ2v) is 4.17. The van der Waals surface area contributed by atoms with E-state index in [-0.39, 0.29) is 0 Å². The van der Waals surface area contributed by atoms with Crippen LogP contribution < -0.4 is 5.73 Å². The number of rotatable bonds is 3. The molecule has 0 aliphatic rings. The number of thiophene rings is 1. The second-order valence-electron chi connectivity index (χ2n) is 2.19. The van der Waals surface area contributed by atoms with Crippen LogP contribution in [-0.4, -0.2) is 17.1 Å². The molecule has 0 radical (unpaired) electrons. The van der Waals surface area contributed by atoms with E-state index in [0.717, 1.165) is 4.88 Å². The van der Waals surface area contributed by atoms with E-state index < -0.39 is 0 Å². The van der Waals surface area contributed by atoms with Crippen molar-refractivity contribution in [2.75, 3.05) is 5.75 Å². The van der Waals surface area contributed by atoms with Gasteiger partial charge in [-0.3, -0.25) is 0 Å². The monoisotopic (exact) mass is 223 g/mol. The van der Waals surface area contributed by atoms with Crippen molar-refractivity contribution in [2.24, 2.45) is 15.9 Å². The Morgan fingerprint density at radius 1 is 1.79 bits per heavy atom. The number of nitrogens with zero attached hydrogens (tertiary/aromatic N) is 2. The summed E-state index contributed by atoms with van der Waals surface area (Å²) in [4.78, 5) is 1.04. The highest BCUT2D eigenvalue weighted by Gasteiger charge is 1.89. The van der Waals surface area contributed by atoms with Crippen LogP contribution in [0.15, 0.2) is 27.7 Å². The number of thioether (sulfide) groups is 1. The Morgan fingerprint density at radius 2 is 2.64 bits per heavy atom. The van der Waals surface area contributed by atoms with Crippen molar-refractivity contribution in [1.82, 2.24) is 0 Å². The number of terminal acetylenes is 1. The van der Waals surface area contributed by atoms with Gasteiger partial charge in [0.05, 0.1) is 12.0 Å². The van der Waals surface area contributed by atoms with Crippen molar-refractivity contribution in [1.29, 1.82) is 0 Å². The Bertz CT molecular complexity index is 360. The molecule has 0 bridgehead atoms. The number of hydrogen-bond donors (Lipinski definition) is 1. The van der Waals surface area contributed by atoms with Crippen molar-refractivity contribution >= 4 is 34.5 Å². The first-order chi connectivity index (χ1) is 6.83. The normalized spacial score (nSPS) is 11.8. The van der Waals surface area contributed by atoms with E-state index in [1.165, 1.54) is 11.8 Å². The van der Waals surface area contributed by atoms with Crippen LogP contribution in [0.1, 0.15) is 4.88 Å². The lowest BCUT2D eigenvalue weighted by Gasteiger charge is -1.90. The SMILES string of the molecule is C#CCS/C(N)=N/N=Cc1cccs1. The van der Waals surface area contributed by atoms with E-state index in [1.807, 2.05) is 17.5 Å². The summed E-state index contributed by atoms with van der Waals surface area (Å²) in [5, 5.41) is 9.96. The molecule has 0 saturated carbocycles. The summed E-state index contributed by atoms with van der Waals surface area (Å²) in [6.45, 7) is 0. The summed E-state index contributed by atoms with van der Waals surface area (Å²) >= 11 is 2.89. The van der Waals surface area contributed by atoms with Gasteiger partial charge in [-0.05, 0) is 11.4 Å². The van der Waals surface area contributed by atoms with E-state index in [2.05, 4.69) is 16.1 Å². The van der Waals surface area contributed by atoms with Crippen LogP contribution in [-0.2, 0) is 0 Å². The zero-order chi connectivity index (χ0) is 10.2.